The molecular formula is C19H25NO. The predicted octanol–water partition coefficient (Wildman–Crippen LogP) is 4.35. The van der Waals surface area contributed by atoms with Crippen molar-refractivity contribution in [2.75, 3.05) is 7.11 Å². The highest BCUT2D eigenvalue weighted by molar-refractivity contribution is 5.44. The van der Waals surface area contributed by atoms with E-state index in [0.29, 0.717) is 0 Å². The molecule has 0 spiro atoms. The number of aryl methyl sites for hydroxylation is 1. The monoisotopic (exact) mass is 283 g/mol. The Labute approximate surface area is 127 Å². The van der Waals surface area contributed by atoms with Gasteiger partial charge in [0, 0.05) is 5.56 Å². The summed E-state index contributed by atoms with van der Waals surface area (Å²) in [5.41, 5.74) is 11.2. The van der Waals surface area contributed by atoms with E-state index in [0.717, 1.165) is 16.9 Å². The molecule has 2 nitrogen and oxygen atoms in total. The lowest BCUT2D eigenvalue weighted by Crippen LogP contribution is -2.15. The van der Waals surface area contributed by atoms with E-state index < -0.39 is 0 Å². The van der Waals surface area contributed by atoms with Crippen LogP contribution in [0.4, 0.5) is 0 Å². The first kappa shape index (κ1) is 15.6. The third-order valence-corrected chi connectivity index (χ3v) is 3.86. The molecule has 2 heteroatoms. The van der Waals surface area contributed by atoms with E-state index in [2.05, 4.69) is 64.1 Å². The summed E-state index contributed by atoms with van der Waals surface area (Å²) in [4.78, 5) is 0. The van der Waals surface area contributed by atoms with E-state index in [-0.39, 0.29) is 11.5 Å². The van der Waals surface area contributed by atoms with Gasteiger partial charge in [0.15, 0.2) is 0 Å². The van der Waals surface area contributed by atoms with Gasteiger partial charge in [-0.3, -0.25) is 0 Å². The zero-order valence-corrected chi connectivity index (χ0v) is 13.6. The molecule has 0 aliphatic rings. The summed E-state index contributed by atoms with van der Waals surface area (Å²) in [5.74, 6) is 0.849. The van der Waals surface area contributed by atoms with Crippen molar-refractivity contribution >= 4 is 0 Å². The SMILES string of the molecule is COc1cc(C)ccc1C(N)c1ccc(C(C)(C)C)cc1. The number of benzene rings is 2. The molecule has 0 aliphatic heterocycles. The summed E-state index contributed by atoms with van der Waals surface area (Å²) < 4.78 is 5.47. The first-order valence-corrected chi connectivity index (χ1v) is 7.33. The van der Waals surface area contributed by atoms with Crippen molar-refractivity contribution in [1.29, 1.82) is 0 Å². The highest BCUT2D eigenvalue weighted by Gasteiger charge is 2.17. The lowest BCUT2D eigenvalue weighted by Gasteiger charge is -2.21. The first-order valence-electron chi connectivity index (χ1n) is 7.33. The molecule has 0 aliphatic carbocycles. The first-order chi connectivity index (χ1) is 9.82. The van der Waals surface area contributed by atoms with Crippen molar-refractivity contribution in [3.8, 4) is 5.75 Å². The Bertz CT molecular complexity index is 608. The fourth-order valence-corrected chi connectivity index (χ4v) is 2.45. The van der Waals surface area contributed by atoms with Gasteiger partial charge in [-0.1, -0.05) is 57.2 Å². The lowest BCUT2D eigenvalue weighted by atomic mass is 9.86. The molecule has 1 unspecified atom stereocenters. The minimum absolute atomic E-state index is 0.157. The molecule has 0 saturated heterocycles. The highest BCUT2D eigenvalue weighted by Crippen LogP contribution is 2.30. The van der Waals surface area contributed by atoms with Crippen molar-refractivity contribution in [3.63, 3.8) is 0 Å². The Morgan fingerprint density at radius 3 is 2.14 bits per heavy atom. The highest BCUT2D eigenvalue weighted by atomic mass is 16.5. The van der Waals surface area contributed by atoms with Crippen LogP contribution < -0.4 is 10.5 Å². The van der Waals surface area contributed by atoms with Gasteiger partial charge in [-0.2, -0.15) is 0 Å². The molecule has 0 saturated carbocycles. The van der Waals surface area contributed by atoms with Gasteiger partial charge in [-0.15, -0.1) is 0 Å². The van der Waals surface area contributed by atoms with E-state index in [1.165, 1.54) is 11.1 Å². The van der Waals surface area contributed by atoms with Crippen LogP contribution >= 0.6 is 0 Å². The molecule has 21 heavy (non-hydrogen) atoms. The number of methoxy groups -OCH3 is 1. The summed E-state index contributed by atoms with van der Waals surface area (Å²) in [6, 6.07) is 14.5. The molecule has 2 N–H and O–H groups in total. The summed E-state index contributed by atoms with van der Waals surface area (Å²) in [5, 5.41) is 0. The molecule has 0 fully saturated rings. The quantitative estimate of drug-likeness (QED) is 0.909. The Morgan fingerprint density at radius 2 is 1.62 bits per heavy atom. The van der Waals surface area contributed by atoms with Gasteiger partial charge in [0.2, 0.25) is 0 Å². The Hall–Kier alpha value is -1.80. The Morgan fingerprint density at radius 1 is 1.00 bits per heavy atom. The zero-order valence-electron chi connectivity index (χ0n) is 13.6. The second-order valence-corrected chi connectivity index (χ2v) is 6.60. The average molecular weight is 283 g/mol. The van der Waals surface area contributed by atoms with Crippen molar-refractivity contribution in [3.05, 3.63) is 64.7 Å². The fourth-order valence-electron chi connectivity index (χ4n) is 2.45. The molecule has 112 valence electrons. The Kier molecular flexibility index (Phi) is 4.38. The van der Waals surface area contributed by atoms with Crippen LogP contribution in [0.2, 0.25) is 0 Å². The minimum atomic E-state index is -0.172. The van der Waals surface area contributed by atoms with Gasteiger partial charge in [0.05, 0.1) is 13.2 Å². The van der Waals surface area contributed by atoms with Crippen LogP contribution in [-0.4, -0.2) is 7.11 Å². The number of nitrogens with two attached hydrogens (primary N) is 1. The molecular weight excluding hydrogens is 258 g/mol. The number of rotatable bonds is 3. The van der Waals surface area contributed by atoms with Crippen LogP contribution in [0.5, 0.6) is 5.75 Å². The third-order valence-electron chi connectivity index (χ3n) is 3.86. The van der Waals surface area contributed by atoms with Gasteiger partial charge in [0.1, 0.15) is 5.75 Å². The van der Waals surface area contributed by atoms with Gasteiger partial charge in [-0.25, -0.2) is 0 Å². The molecule has 1 atom stereocenters. The van der Waals surface area contributed by atoms with Crippen LogP contribution in [0.25, 0.3) is 0 Å². The maximum Gasteiger partial charge on any atom is 0.124 e. The van der Waals surface area contributed by atoms with Crippen molar-refractivity contribution in [1.82, 2.24) is 0 Å². The van der Waals surface area contributed by atoms with Gasteiger partial charge < -0.3 is 10.5 Å². The van der Waals surface area contributed by atoms with Crippen molar-refractivity contribution in [2.45, 2.75) is 39.2 Å². The molecule has 0 amide bonds. The van der Waals surface area contributed by atoms with Crippen molar-refractivity contribution in [2.24, 2.45) is 5.73 Å². The summed E-state index contributed by atoms with van der Waals surface area (Å²) in [7, 11) is 1.69. The minimum Gasteiger partial charge on any atom is -0.496 e. The largest absolute Gasteiger partial charge is 0.496 e. The maximum atomic E-state index is 6.42. The fraction of sp³-hybridized carbons (Fsp3) is 0.368. The van der Waals surface area contributed by atoms with Gasteiger partial charge in [-0.05, 0) is 35.1 Å². The third kappa shape index (κ3) is 3.45. The average Bonchev–Trinajstić information content (AvgIpc) is 2.45. The molecule has 2 aromatic carbocycles. The molecule has 0 bridgehead atoms. The molecule has 2 rings (SSSR count). The predicted molar refractivity (Wildman–Crippen MR) is 88.9 cm³/mol. The van der Waals surface area contributed by atoms with Crippen LogP contribution in [-0.2, 0) is 5.41 Å². The van der Waals surface area contributed by atoms with Gasteiger partial charge in [0.25, 0.3) is 0 Å². The van der Waals surface area contributed by atoms with Crippen LogP contribution in [0, 0.1) is 6.92 Å². The Balaban J connectivity index is 2.34. The molecule has 0 radical (unpaired) electrons. The van der Waals surface area contributed by atoms with E-state index in [4.69, 9.17) is 10.5 Å². The molecule has 0 heterocycles. The number of hydrogen-bond acceptors (Lipinski definition) is 2. The standard InChI is InChI=1S/C19H25NO/c1-13-6-11-16(17(12-13)21-5)18(20)14-7-9-15(10-8-14)19(2,3)4/h6-12,18H,20H2,1-5H3. The van der Waals surface area contributed by atoms with E-state index in [1.54, 1.807) is 7.11 Å². The van der Waals surface area contributed by atoms with E-state index >= 15 is 0 Å². The van der Waals surface area contributed by atoms with E-state index in [1.807, 2.05) is 6.07 Å². The summed E-state index contributed by atoms with van der Waals surface area (Å²) in [6.07, 6.45) is 0. The zero-order chi connectivity index (χ0) is 15.6. The van der Waals surface area contributed by atoms with Crippen LogP contribution in [0.1, 0.15) is 49.1 Å². The van der Waals surface area contributed by atoms with Crippen LogP contribution in [0.3, 0.4) is 0 Å². The topological polar surface area (TPSA) is 35.2 Å². The van der Waals surface area contributed by atoms with Gasteiger partial charge >= 0.3 is 0 Å². The second-order valence-electron chi connectivity index (χ2n) is 6.60. The van der Waals surface area contributed by atoms with Crippen molar-refractivity contribution < 1.29 is 4.74 Å². The van der Waals surface area contributed by atoms with Crippen LogP contribution in [0.15, 0.2) is 42.5 Å². The summed E-state index contributed by atoms with van der Waals surface area (Å²) in [6.45, 7) is 8.69. The second kappa shape index (κ2) is 5.90. The number of ether oxygens (including phenoxy) is 1. The normalized spacial score (nSPS) is 13.0. The van der Waals surface area contributed by atoms with E-state index in [9.17, 15) is 0 Å². The maximum absolute atomic E-state index is 6.42. The summed E-state index contributed by atoms with van der Waals surface area (Å²) >= 11 is 0. The smallest absolute Gasteiger partial charge is 0.124 e. The number of hydrogen-bond donors (Lipinski definition) is 1. The lowest BCUT2D eigenvalue weighted by molar-refractivity contribution is 0.407. The molecule has 0 aromatic heterocycles. The molecule has 2 aromatic rings.